The Balaban J connectivity index is 2.09. The molecule has 76 valence electrons. The number of halogens is 4. The SMILES string of the molecule is FC(F)(F)[C@@H]1C[C@@]2(CBr)CNC[C@@H]12. The second kappa shape index (κ2) is 2.86. The van der Waals surface area contributed by atoms with Crippen LogP contribution in [-0.4, -0.2) is 24.6 Å². The monoisotopic (exact) mass is 257 g/mol. The van der Waals surface area contributed by atoms with Gasteiger partial charge in [-0.15, -0.1) is 0 Å². The Morgan fingerprint density at radius 3 is 2.69 bits per heavy atom. The number of rotatable bonds is 1. The molecule has 5 heteroatoms. The molecule has 0 aromatic carbocycles. The molecule has 1 heterocycles. The van der Waals surface area contributed by atoms with Crippen molar-refractivity contribution in [2.75, 3.05) is 18.4 Å². The molecule has 13 heavy (non-hydrogen) atoms. The molecule has 2 rings (SSSR count). The van der Waals surface area contributed by atoms with E-state index < -0.39 is 12.1 Å². The molecule has 2 fully saturated rings. The summed E-state index contributed by atoms with van der Waals surface area (Å²) in [6, 6.07) is 0. The van der Waals surface area contributed by atoms with Gasteiger partial charge in [-0.2, -0.15) is 13.2 Å². The minimum absolute atomic E-state index is 0.111. The van der Waals surface area contributed by atoms with Crippen LogP contribution in [0.4, 0.5) is 13.2 Å². The van der Waals surface area contributed by atoms with Gasteiger partial charge in [0.1, 0.15) is 0 Å². The van der Waals surface area contributed by atoms with Crippen molar-refractivity contribution < 1.29 is 13.2 Å². The van der Waals surface area contributed by atoms with Gasteiger partial charge in [0.25, 0.3) is 0 Å². The van der Waals surface area contributed by atoms with Crippen LogP contribution in [0, 0.1) is 17.3 Å². The Morgan fingerprint density at radius 2 is 2.15 bits per heavy atom. The van der Waals surface area contributed by atoms with Crippen molar-refractivity contribution in [1.29, 1.82) is 0 Å². The summed E-state index contributed by atoms with van der Waals surface area (Å²) in [6.07, 6.45) is -3.71. The lowest BCUT2D eigenvalue weighted by atomic mass is 9.56. The van der Waals surface area contributed by atoms with Gasteiger partial charge in [0, 0.05) is 11.9 Å². The van der Waals surface area contributed by atoms with E-state index in [1.165, 1.54) is 0 Å². The van der Waals surface area contributed by atoms with Gasteiger partial charge >= 0.3 is 6.18 Å². The average molecular weight is 258 g/mol. The summed E-state index contributed by atoms with van der Waals surface area (Å²) >= 11 is 3.31. The minimum Gasteiger partial charge on any atom is -0.316 e. The predicted molar refractivity (Wildman–Crippen MR) is 46.7 cm³/mol. The Labute approximate surface area is 83.2 Å². The highest BCUT2D eigenvalue weighted by molar-refractivity contribution is 9.09. The molecular formula is C8H11BrF3N. The van der Waals surface area contributed by atoms with Crippen LogP contribution in [0.25, 0.3) is 0 Å². The molecule has 2 aliphatic rings. The fourth-order valence-electron chi connectivity index (χ4n) is 2.58. The molecule has 1 aliphatic heterocycles. The zero-order valence-electron chi connectivity index (χ0n) is 6.99. The van der Waals surface area contributed by atoms with E-state index in [-0.39, 0.29) is 11.3 Å². The van der Waals surface area contributed by atoms with Crippen LogP contribution >= 0.6 is 15.9 Å². The number of hydrogen-bond acceptors (Lipinski definition) is 1. The van der Waals surface area contributed by atoms with Gasteiger partial charge in [-0.3, -0.25) is 0 Å². The maximum atomic E-state index is 12.4. The second-order valence-electron chi connectivity index (χ2n) is 4.09. The first kappa shape index (κ1) is 9.77. The van der Waals surface area contributed by atoms with Crippen molar-refractivity contribution in [3.63, 3.8) is 0 Å². The molecule has 1 saturated carbocycles. The minimum atomic E-state index is -4.00. The van der Waals surface area contributed by atoms with E-state index in [0.717, 1.165) is 6.54 Å². The third-order valence-electron chi connectivity index (χ3n) is 3.43. The van der Waals surface area contributed by atoms with Crippen LogP contribution in [0.3, 0.4) is 0 Å². The van der Waals surface area contributed by atoms with E-state index in [1.807, 2.05) is 0 Å². The first-order valence-electron chi connectivity index (χ1n) is 4.33. The van der Waals surface area contributed by atoms with Crippen molar-refractivity contribution in [3.05, 3.63) is 0 Å². The molecule has 0 aromatic heterocycles. The van der Waals surface area contributed by atoms with Crippen LogP contribution < -0.4 is 5.32 Å². The maximum Gasteiger partial charge on any atom is 0.392 e. The van der Waals surface area contributed by atoms with E-state index in [2.05, 4.69) is 21.2 Å². The molecule has 0 amide bonds. The van der Waals surface area contributed by atoms with Crippen LogP contribution in [0.2, 0.25) is 0 Å². The fraction of sp³-hybridized carbons (Fsp3) is 1.00. The molecule has 1 nitrogen and oxygen atoms in total. The molecule has 3 atom stereocenters. The third kappa shape index (κ3) is 1.31. The number of alkyl halides is 4. The van der Waals surface area contributed by atoms with Crippen molar-refractivity contribution >= 4 is 15.9 Å². The lowest BCUT2D eigenvalue weighted by Gasteiger charge is -2.50. The van der Waals surface area contributed by atoms with Crippen molar-refractivity contribution in [3.8, 4) is 0 Å². The lowest BCUT2D eigenvalue weighted by Crippen LogP contribution is -2.54. The normalized spacial score (nSPS) is 44.3. The molecule has 1 N–H and O–H groups in total. The highest BCUT2D eigenvalue weighted by atomic mass is 79.9. The Bertz CT molecular complexity index is 218. The molecule has 0 spiro atoms. The maximum absolute atomic E-state index is 12.4. The molecule has 0 radical (unpaired) electrons. The summed E-state index contributed by atoms with van der Waals surface area (Å²) in [5.41, 5.74) is -0.111. The zero-order chi connectivity index (χ0) is 9.69. The fourth-order valence-corrected chi connectivity index (χ4v) is 3.42. The lowest BCUT2D eigenvalue weighted by molar-refractivity contribution is -0.236. The van der Waals surface area contributed by atoms with E-state index in [4.69, 9.17) is 0 Å². The smallest absolute Gasteiger partial charge is 0.316 e. The highest BCUT2D eigenvalue weighted by Gasteiger charge is 2.64. The molecule has 1 saturated heterocycles. The van der Waals surface area contributed by atoms with Crippen molar-refractivity contribution in [2.45, 2.75) is 12.6 Å². The molecular weight excluding hydrogens is 247 g/mol. The van der Waals surface area contributed by atoms with Gasteiger partial charge in [0.05, 0.1) is 5.92 Å². The molecule has 0 unspecified atom stereocenters. The summed E-state index contributed by atoms with van der Waals surface area (Å²) in [7, 11) is 0. The van der Waals surface area contributed by atoms with Gasteiger partial charge in [-0.25, -0.2) is 0 Å². The van der Waals surface area contributed by atoms with E-state index in [9.17, 15) is 13.2 Å². The van der Waals surface area contributed by atoms with Gasteiger partial charge < -0.3 is 5.32 Å². The summed E-state index contributed by atoms with van der Waals surface area (Å²) in [5, 5.41) is 3.73. The Morgan fingerprint density at radius 1 is 1.46 bits per heavy atom. The van der Waals surface area contributed by atoms with Crippen molar-refractivity contribution in [1.82, 2.24) is 5.32 Å². The first-order chi connectivity index (χ1) is 5.99. The van der Waals surface area contributed by atoms with Gasteiger partial charge in [-0.05, 0) is 24.3 Å². The topological polar surface area (TPSA) is 12.0 Å². The zero-order valence-corrected chi connectivity index (χ0v) is 8.58. The Kier molecular flexibility index (Phi) is 2.15. The van der Waals surface area contributed by atoms with Gasteiger partial charge in [0.15, 0.2) is 0 Å². The van der Waals surface area contributed by atoms with E-state index in [0.29, 0.717) is 18.3 Å². The van der Waals surface area contributed by atoms with Crippen LogP contribution in [0.1, 0.15) is 6.42 Å². The van der Waals surface area contributed by atoms with E-state index in [1.54, 1.807) is 0 Å². The average Bonchev–Trinajstić information content (AvgIpc) is 2.27. The number of fused-ring (bicyclic) bond motifs is 1. The number of hydrogen-bond donors (Lipinski definition) is 1. The third-order valence-corrected chi connectivity index (χ3v) is 4.54. The van der Waals surface area contributed by atoms with Crippen molar-refractivity contribution in [2.24, 2.45) is 17.3 Å². The van der Waals surface area contributed by atoms with Gasteiger partial charge in [0.2, 0.25) is 0 Å². The summed E-state index contributed by atoms with van der Waals surface area (Å²) in [5.74, 6) is -1.27. The first-order valence-corrected chi connectivity index (χ1v) is 5.45. The Hall–Kier alpha value is 0.230. The largest absolute Gasteiger partial charge is 0.392 e. The van der Waals surface area contributed by atoms with Gasteiger partial charge in [-0.1, -0.05) is 15.9 Å². The summed E-state index contributed by atoms with van der Waals surface area (Å²) < 4.78 is 37.2. The summed E-state index contributed by atoms with van der Waals surface area (Å²) in [4.78, 5) is 0. The highest BCUT2D eigenvalue weighted by Crippen LogP contribution is 2.59. The number of nitrogens with one attached hydrogen (secondary N) is 1. The van der Waals surface area contributed by atoms with Crippen LogP contribution in [0.15, 0.2) is 0 Å². The van der Waals surface area contributed by atoms with Crippen LogP contribution in [0.5, 0.6) is 0 Å². The predicted octanol–water partition coefficient (Wildman–Crippen LogP) is 2.17. The quantitative estimate of drug-likeness (QED) is 0.711. The van der Waals surface area contributed by atoms with E-state index >= 15 is 0 Å². The van der Waals surface area contributed by atoms with Crippen LogP contribution in [-0.2, 0) is 0 Å². The molecule has 0 bridgehead atoms. The summed E-state index contributed by atoms with van der Waals surface area (Å²) in [6.45, 7) is 1.26. The second-order valence-corrected chi connectivity index (χ2v) is 4.65. The standard InChI is InChI=1S/C8H11BrF3N/c9-3-7-1-5(8(10,11)12)6(7)2-13-4-7/h5-6,13H,1-4H2/t5-,6+,7-/m1/s1. The molecule has 1 aliphatic carbocycles. The molecule has 0 aromatic rings.